The molecule has 7 aromatic carbocycles. The molecule has 5 heteroatoms. The van der Waals surface area contributed by atoms with Gasteiger partial charge in [-0.1, -0.05) is 164 Å². The van der Waals surface area contributed by atoms with Crippen LogP contribution in [0, 0.1) is 0 Å². The van der Waals surface area contributed by atoms with Crippen LogP contribution in [0.2, 0.25) is 0 Å². The number of hydrogen-bond donors (Lipinski definition) is 0. The van der Waals surface area contributed by atoms with Crippen LogP contribution in [0.5, 0.6) is 0 Å². The standard InChI is InChI=1S/C44H28N4S/c1-4-12-29(13-5-1)30-20-22-31(23-21-30)32-24-26-34(27-25-32)42-46-41(33-14-6-2-7-15-33)47-43(48-42)38-28-39-40(37-19-11-10-18-36(37)38)49-44(45-39)35-16-8-3-9-17-35/h1-28H. The van der Waals surface area contributed by atoms with Crippen molar-refractivity contribution in [2.75, 3.05) is 0 Å². The van der Waals surface area contributed by atoms with Crippen molar-refractivity contribution < 1.29 is 0 Å². The van der Waals surface area contributed by atoms with Crippen LogP contribution in [0.25, 0.3) is 88.0 Å². The fourth-order valence-corrected chi connectivity index (χ4v) is 7.37. The summed E-state index contributed by atoms with van der Waals surface area (Å²) in [6.07, 6.45) is 0. The number of nitrogens with zero attached hydrogens (tertiary/aromatic N) is 4. The van der Waals surface area contributed by atoms with E-state index in [0.29, 0.717) is 17.5 Å². The summed E-state index contributed by atoms with van der Waals surface area (Å²) in [5.41, 5.74) is 9.55. The molecule has 4 nitrogen and oxygen atoms in total. The molecule has 0 aliphatic heterocycles. The van der Waals surface area contributed by atoms with Gasteiger partial charge in [0.25, 0.3) is 0 Å². The largest absolute Gasteiger partial charge is 0.236 e. The lowest BCUT2D eigenvalue weighted by atomic mass is 9.99. The number of hydrogen-bond acceptors (Lipinski definition) is 5. The number of fused-ring (bicyclic) bond motifs is 3. The quantitative estimate of drug-likeness (QED) is 0.181. The molecule has 0 N–H and O–H groups in total. The van der Waals surface area contributed by atoms with E-state index in [4.69, 9.17) is 19.9 Å². The zero-order valence-corrected chi connectivity index (χ0v) is 27.2. The third kappa shape index (κ3) is 5.56. The molecule has 0 aliphatic carbocycles. The third-order valence-corrected chi connectivity index (χ3v) is 9.95. The van der Waals surface area contributed by atoms with Gasteiger partial charge >= 0.3 is 0 Å². The van der Waals surface area contributed by atoms with Crippen molar-refractivity contribution in [3.05, 3.63) is 170 Å². The van der Waals surface area contributed by atoms with Gasteiger partial charge in [0.2, 0.25) is 0 Å². The summed E-state index contributed by atoms with van der Waals surface area (Å²) < 4.78 is 1.16. The predicted molar refractivity (Wildman–Crippen MR) is 203 cm³/mol. The van der Waals surface area contributed by atoms with Gasteiger partial charge < -0.3 is 0 Å². The minimum atomic E-state index is 0.622. The molecule has 0 radical (unpaired) electrons. The summed E-state index contributed by atoms with van der Waals surface area (Å²) in [6.45, 7) is 0. The van der Waals surface area contributed by atoms with Crippen LogP contribution >= 0.6 is 11.3 Å². The Morgan fingerprint density at radius 1 is 0.327 bits per heavy atom. The van der Waals surface area contributed by atoms with E-state index < -0.39 is 0 Å². The predicted octanol–water partition coefficient (Wildman–Crippen LogP) is 11.6. The zero-order valence-electron chi connectivity index (χ0n) is 26.4. The highest BCUT2D eigenvalue weighted by atomic mass is 32.1. The molecule has 49 heavy (non-hydrogen) atoms. The lowest BCUT2D eigenvalue weighted by molar-refractivity contribution is 1.08. The minimum Gasteiger partial charge on any atom is -0.236 e. The first-order chi connectivity index (χ1) is 24.3. The maximum Gasteiger partial charge on any atom is 0.164 e. The molecule has 2 aromatic heterocycles. The van der Waals surface area contributed by atoms with Crippen molar-refractivity contribution in [3.8, 4) is 67.0 Å². The maximum absolute atomic E-state index is 5.12. The number of aromatic nitrogens is 4. The summed E-state index contributed by atoms with van der Waals surface area (Å²) in [5, 5.41) is 3.22. The van der Waals surface area contributed by atoms with Crippen molar-refractivity contribution >= 4 is 32.3 Å². The van der Waals surface area contributed by atoms with Gasteiger partial charge in [0.05, 0.1) is 10.2 Å². The normalized spacial score (nSPS) is 11.3. The topological polar surface area (TPSA) is 51.6 Å². The van der Waals surface area contributed by atoms with E-state index in [1.165, 1.54) is 11.1 Å². The Hall–Kier alpha value is -6.30. The molecule has 230 valence electrons. The Morgan fingerprint density at radius 2 is 0.735 bits per heavy atom. The van der Waals surface area contributed by atoms with Gasteiger partial charge in [-0.3, -0.25) is 0 Å². The lowest BCUT2D eigenvalue weighted by Gasteiger charge is -2.11. The van der Waals surface area contributed by atoms with Gasteiger partial charge in [-0.2, -0.15) is 0 Å². The highest BCUT2D eigenvalue weighted by Crippen LogP contribution is 2.40. The van der Waals surface area contributed by atoms with Crippen molar-refractivity contribution in [2.24, 2.45) is 0 Å². The van der Waals surface area contributed by atoms with E-state index in [1.807, 2.05) is 42.5 Å². The van der Waals surface area contributed by atoms with E-state index in [2.05, 4.69) is 127 Å². The monoisotopic (exact) mass is 644 g/mol. The Kier molecular flexibility index (Phi) is 7.30. The molecule has 0 saturated carbocycles. The van der Waals surface area contributed by atoms with Crippen LogP contribution in [0.3, 0.4) is 0 Å². The van der Waals surface area contributed by atoms with E-state index in [9.17, 15) is 0 Å². The number of rotatable bonds is 6. The van der Waals surface area contributed by atoms with Crippen molar-refractivity contribution in [3.63, 3.8) is 0 Å². The van der Waals surface area contributed by atoms with Crippen LogP contribution in [-0.2, 0) is 0 Å². The van der Waals surface area contributed by atoms with Gasteiger partial charge in [0, 0.05) is 27.6 Å². The first-order valence-corrected chi connectivity index (χ1v) is 17.0. The Bertz CT molecular complexity index is 2560. The maximum atomic E-state index is 5.12. The molecule has 0 fully saturated rings. The van der Waals surface area contributed by atoms with Crippen molar-refractivity contribution in [2.45, 2.75) is 0 Å². The van der Waals surface area contributed by atoms with Gasteiger partial charge in [0.1, 0.15) is 5.01 Å². The van der Waals surface area contributed by atoms with Crippen LogP contribution in [-0.4, -0.2) is 19.9 Å². The second-order valence-corrected chi connectivity index (χ2v) is 12.9. The molecule has 0 unspecified atom stereocenters. The molecule has 9 aromatic rings. The lowest BCUT2D eigenvalue weighted by Crippen LogP contribution is -2.00. The molecular formula is C44H28N4S. The summed E-state index contributed by atoms with van der Waals surface area (Å²) in [7, 11) is 0. The molecule has 0 aliphatic rings. The van der Waals surface area contributed by atoms with E-state index >= 15 is 0 Å². The van der Waals surface area contributed by atoms with Crippen molar-refractivity contribution in [1.82, 2.24) is 19.9 Å². The molecule has 2 heterocycles. The number of benzene rings is 7. The van der Waals surface area contributed by atoms with Gasteiger partial charge in [-0.25, -0.2) is 19.9 Å². The second kappa shape index (κ2) is 12.4. The SMILES string of the molecule is c1ccc(-c2ccc(-c3ccc(-c4nc(-c5ccccc5)nc(-c5cc6nc(-c7ccccc7)sc6c6ccccc56)n4)cc3)cc2)cc1. The van der Waals surface area contributed by atoms with Crippen LogP contribution < -0.4 is 0 Å². The van der Waals surface area contributed by atoms with Gasteiger partial charge in [0.15, 0.2) is 17.5 Å². The molecule has 0 bridgehead atoms. The average Bonchev–Trinajstić information content (AvgIpc) is 3.63. The first-order valence-electron chi connectivity index (χ1n) is 16.2. The summed E-state index contributed by atoms with van der Waals surface area (Å²) in [5.74, 6) is 1.88. The zero-order chi connectivity index (χ0) is 32.6. The summed E-state index contributed by atoms with van der Waals surface area (Å²) in [6, 6.07) is 58.7. The molecule has 9 rings (SSSR count). The second-order valence-electron chi connectivity index (χ2n) is 11.9. The van der Waals surface area contributed by atoms with E-state index in [1.54, 1.807) is 11.3 Å². The van der Waals surface area contributed by atoms with Gasteiger partial charge in [-0.15, -0.1) is 11.3 Å². The smallest absolute Gasteiger partial charge is 0.164 e. The fraction of sp³-hybridized carbons (Fsp3) is 0. The van der Waals surface area contributed by atoms with Crippen LogP contribution in [0.1, 0.15) is 0 Å². The van der Waals surface area contributed by atoms with Crippen molar-refractivity contribution in [1.29, 1.82) is 0 Å². The third-order valence-electron chi connectivity index (χ3n) is 8.79. The Balaban J connectivity index is 1.15. The van der Waals surface area contributed by atoms with E-state index in [-0.39, 0.29) is 0 Å². The summed E-state index contributed by atoms with van der Waals surface area (Å²) in [4.78, 5) is 20.3. The molecular weight excluding hydrogens is 617 g/mol. The Labute approximate surface area is 288 Å². The molecule has 0 saturated heterocycles. The Morgan fingerprint density at radius 3 is 1.31 bits per heavy atom. The molecule has 0 amide bonds. The average molecular weight is 645 g/mol. The highest BCUT2D eigenvalue weighted by Gasteiger charge is 2.18. The summed E-state index contributed by atoms with van der Waals surface area (Å²) >= 11 is 1.72. The first kappa shape index (κ1) is 28.9. The number of thiazole rings is 1. The highest BCUT2D eigenvalue weighted by molar-refractivity contribution is 7.22. The van der Waals surface area contributed by atoms with E-state index in [0.717, 1.165) is 59.4 Å². The molecule has 0 atom stereocenters. The van der Waals surface area contributed by atoms with Crippen LogP contribution in [0.4, 0.5) is 0 Å². The minimum absolute atomic E-state index is 0.622. The molecule has 0 spiro atoms. The van der Waals surface area contributed by atoms with Gasteiger partial charge in [-0.05, 0) is 33.7 Å². The fourth-order valence-electron chi connectivity index (χ4n) is 6.28. The van der Waals surface area contributed by atoms with Crippen LogP contribution in [0.15, 0.2) is 170 Å².